The van der Waals surface area contributed by atoms with Crippen LogP contribution in [0.15, 0.2) is 45.8 Å². The van der Waals surface area contributed by atoms with Crippen LogP contribution in [-0.4, -0.2) is 79.1 Å². The van der Waals surface area contributed by atoms with Crippen molar-refractivity contribution in [3.05, 3.63) is 46.8 Å². The normalized spacial score (nSPS) is 24.3. The monoisotopic (exact) mass is 490 g/mol. The number of benzene rings is 2. The average molecular weight is 490 g/mol. The molecule has 5 unspecified atom stereocenters. The first-order valence-corrected chi connectivity index (χ1v) is 10.7. The zero-order valence-corrected chi connectivity index (χ0v) is 19.2. The molecule has 2 aromatic carbocycles. The molecule has 0 amide bonds. The molecule has 1 saturated heterocycles. The van der Waals surface area contributed by atoms with Crippen molar-refractivity contribution in [3.63, 3.8) is 0 Å². The maximum atomic E-state index is 13.3. The average Bonchev–Trinajstić information content (AvgIpc) is 2.88. The lowest BCUT2D eigenvalue weighted by Crippen LogP contribution is -2.60. The first kappa shape index (κ1) is 24.8. The molecule has 0 aliphatic carbocycles. The minimum atomic E-state index is -1.58. The predicted octanol–water partition coefficient (Wildman–Crippen LogP) is 0.664. The topological polar surface area (TPSA) is 157 Å². The largest absolute Gasteiger partial charge is 0.496 e. The van der Waals surface area contributed by atoms with Gasteiger partial charge in [0.15, 0.2) is 11.5 Å². The van der Waals surface area contributed by atoms with Gasteiger partial charge in [-0.2, -0.15) is 0 Å². The second-order valence-electron chi connectivity index (χ2n) is 7.86. The molecule has 0 radical (unpaired) electrons. The maximum Gasteiger partial charge on any atom is 0.229 e. The van der Waals surface area contributed by atoms with Crippen molar-refractivity contribution in [1.29, 1.82) is 0 Å². The summed E-state index contributed by atoms with van der Waals surface area (Å²) < 4.78 is 32.7. The fourth-order valence-electron chi connectivity index (χ4n) is 3.91. The van der Waals surface area contributed by atoms with E-state index in [0.717, 1.165) is 0 Å². The number of aliphatic hydroxyl groups is 4. The van der Waals surface area contributed by atoms with Crippen molar-refractivity contribution in [2.24, 2.45) is 0 Å². The summed E-state index contributed by atoms with van der Waals surface area (Å²) in [7, 11) is 4.44. The summed E-state index contributed by atoms with van der Waals surface area (Å²) in [5, 5.41) is 39.6. The smallest absolute Gasteiger partial charge is 0.229 e. The molecule has 0 saturated carbocycles. The van der Waals surface area contributed by atoms with Crippen LogP contribution in [0.25, 0.3) is 22.1 Å². The van der Waals surface area contributed by atoms with E-state index in [0.29, 0.717) is 22.8 Å². The number of hydrogen-bond donors (Lipinski definition) is 4. The minimum absolute atomic E-state index is 0.168. The van der Waals surface area contributed by atoms with Crippen LogP contribution in [0, 0.1) is 0 Å². The van der Waals surface area contributed by atoms with Gasteiger partial charge < -0.3 is 48.5 Å². The summed E-state index contributed by atoms with van der Waals surface area (Å²) in [6, 6.07) is 7.60. The van der Waals surface area contributed by atoms with Gasteiger partial charge in [-0.1, -0.05) is 0 Å². The van der Waals surface area contributed by atoms with E-state index in [1.54, 1.807) is 12.1 Å². The van der Waals surface area contributed by atoms with Crippen LogP contribution in [0.5, 0.6) is 23.0 Å². The van der Waals surface area contributed by atoms with E-state index < -0.39 is 37.3 Å². The van der Waals surface area contributed by atoms with E-state index in [1.807, 2.05) is 0 Å². The zero-order chi connectivity index (χ0) is 25.3. The molecular formula is C24H26O11. The Morgan fingerprint density at radius 1 is 0.857 bits per heavy atom. The van der Waals surface area contributed by atoms with Crippen LogP contribution in [0.4, 0.5) is 0 Å². The van der Waals surface area contributed by atoms with Crippen LogP contribution in [0.1, 0.15) is 0 Å². The highest BCUT2D eigenvalue weighted by Gasteiger charge is 2.44. The quantitative estimate of drug-likeness (QED) is 0.369. The van der Waals surface area contributed by atoms with Crippen molar-refractivity contribution in [1.82, 2.24) is 0 Å². The van der Waals surface area contributed by atoms with Gasteiger partial charge in [-0.05, 0) is 18.2 Å². The number of ether oxygens (including phenoxy) is 5. The van der Waals surface area contributed by atoms with Crippen molar-refractivity contribution in [2.45, 2.75) is 30.7 Å². The Morgan fingerprint density at radius 2 is 1.54 bits per heavy atom. The van der Waals surface area contributed by atoms with Gasteiger partial charge in [-0.15, -0.1) is 0 Å². The van der Waals surface area contributed by atoms with Gasteiger partial charge in [0.2, 0.25) is 11.7 Å². The summed E-state index contributed by atoms with van der Waals surface area (Å²) in [6.45, 7) is -0.584. The zero-order valence-electron chi connectivity index (χ0n) is 19.2. The molecule has 1 aliphatic heterocycles. The van der Waals surface area contributed by atoms with E-state index in [4.69, 9.17) is 28.1 Å². The number of rotatable bonds is 7. The lowest BCUT2D eigenvalue weighted by molar-refractivity contribution is -0.277. The van der Waals surface area contributed by atoms with Crippen LogP contribution in [0.3, 0.4) is 0 Å². The Hall–Kier alpha value is -3.35. The Balaban J connectivity index is 1.68. The Bertz CT molecular complexity index is 1250. The van der Waals surface area contributed by atoms with Crippen LogP contribution in [-0.2, 0) is 4.74 Å². The molecule has 4 rings (SSSR count). The first-order valence-electron chi connectivity index (χ1n) is 10.7. The molecule has 11 nitrogen and oxygen atoms in total. The maximum absolute atomic E-state index is 13.3. The van der Waals surface area contributed by atoms with E-state index in [9.17, 15) is 25.2 Å². The molecule has 0 spiro atoms. The van der Waals surface area contributed by atoms with Crippen molar-refractivity contribution in [3.8, 4) is 34.1 Å². The Morgan fingerprint density at radius 3 is 2.20 bits per heavy atom. The van der Waals surface area contributed by atoms with Gasteiger partial charge in [-0.25, -0.2) is 0 Å². The lowest BCUT2D eigenvalue weighted by Gasteiger charge is -2.39. The second-order valence-corrected chi connectivity index (χ2v) is 7.86. The SMILES string of the molecule is COc1cc(OC)c(-c2coc3cc(OC4OC(CO)C(O)C(O)C4O)ccc3c2=O)cc1OC. The molecule has 3 aromatic rings. The van der Waals surface area contributed by atoms with Crippen molar-refractivity contribution < 1.29 is 48.5 Å². The molecule has 0 bridgehead atoms. The van der Waals surface area contributed by atoms with Crippen LogP contribution in [0.2, 0.25) is 0 Å². The minimum Gasteiger partial charge on any atom is -0.496 e. The third kappa shape index (κ3) is 4.51. The van der Waals surface area contributed by atoms with Crippen molar-refractivity contribution in [2.75, 3.05) is 27.9 Å². The summed E-state index contributed by atoms with van der Waals surface area (Å²) >= 11 is 0. The van der Waals surface area contributed by atoms with Crippen molar-refractivity contribution >= 4 is 11.0 Å². The number of methoxy groups -OCH3 is 3. The summed E-state index contributed by atoms with van der Waals surface area (Å²) in [5.74, 6) is 1.40. The molecule has 11 heteroatoms. The summed E-state index contributed by atoms with van der Waals surface area (Å²) in [4.78, 5) is 13.3. The first-order chi connectivity index (χ1) is 16.8. The van der Waals surface area contributed by atoms with E-state index in [1.165, 1.54) is 45.8 Å². The molecule has 5 atom stereocenters. The van der Waals surface area contributed by atoms with Gasteiger partial charge in [0.25, 0.3) is 0 Å². The number of aliphatic hydroxyl groups excluding tert-OH is 4. The Labute approximate surface area is 199 Å². The third-order valence-electron chi connectivity index (χ3n) is 5.84. The summed E-state index contributed by atoms with van der Waals surface area (Å²) in [5.41, 5.74) is 0.539. The third-order valence-corrected chi connectivity index (χ3v) is 5.84. The molecule has 188 valence electrons. The standard InChI is InChI=1S/C24H26O11/c1-30-15-8-18(32-3)17(31-2)7-13(15)14-10-33-16-6-11(4-5-12(16)20(14)26)34-24-23(29)22(28)21(27)19(9-25)35-24/h4-8,10,19,21-25,27-29H,9H2,1-3H3. The second kappa shape index (κ2) is 10.1. The van der Waals surface area contributed by atoms with Gasteiger partial charge in [0.05, 0.1) is 38.9 Å². The lowest BCUT2D eigenvalue weighted by atomic mass is 9.99. The van der Waals surface area contributed by atoms with E-state index >= 15 is 0 Å². The molecule has 1 aliphatic rings. The predicted molar refractivity (Wildman–Crippen MR) is 122 cm³/mol. The van der Waals surface area contributed by atoms with Crippen LogP contribution >= 0.6 is 0 Å². The Kier molecular flexibility index (Phi) is 7.15. The fraction of sp³-hybridized carbons (Fsp3) is 0.375. The highest BCUT2D eigenvalue weighted by atomic mass is 16.7. The number of fused-ring (bicyclic) bond motifs is 1. The van der Waals surface area contributed by atoms with Gasteiger partial charge >= 0.3 is 0 Å². The number of hydrogen-bond acceptors (Lipinski definition) is 11. The highest BCUT2D eigenvalue weighted by molar-refractivity contribution is 5.84. The summed E-state index contributed by atoms with van der Waals surface area (Å²) in [6.07, 6.45) is -5.86. The molecular weight excluding hydrogens is 464 g/mol. The van der Waals surface area contributed by atoms with E-state index in [2.05, 4.69) is 0 Å². The van der Waals surface area contributed by atoms with E-state index in [-0.39, 0.29) is 27.7 Å². The molecule has 1 fully saturated rings. The molecule has 2 heterocycles. The van der Waals surface area contributed by atoms with Gasteiger partial charge in [-0.3, -0.25) is 4.79 Å². The van der Waals surface area contributed by atoms with Crippen LogP contribution < -0.4 is 24.4 Å². The molecule has 35 heavy (non-hydrogen) atoms. The van der Waals surface area contributed by atoms with Gasteiger partial charge in [0, 0.05) is 17.7 Å². The highest BCUT2D eigenvalue weighted by Crippen LogP contribution is 2.39. The van der Waals surface area contributed by atoms with Gasteiger partial charge in [0.1, 0.15) is 47.8 Å². The molecule has 4 N–H and O–H groups in total. The fourth-order valence-corrected chi connectivity index (χ4v) is 3.91. The molecule has 1 aromatic heterocycles.